The van der Waals surface area contributed by atoms with Crippen molar-refractivity contribution in [3.05, 3.63) is 94.5 Å². The Kier molecular flexibility index (Phi) is 4.97. The molecule has 0 fully saturated rings. The summed E-state index contributed by atoms with van der Waals surface area (Å²) in [6, 6.07) is 22.0. The van der Waals surface area contributed by atoms with Crippen LogP contribution in [0.1, 0.15) is 32.6 Å². The highest BCUT2D eigenvalue weighted by Crippen LogP contribution is 2.32. The zero-order valence-corrected chi connectivity index (χ0v) is 17.1. The minimum Gasteiger partial charge on any atom is -0.279 e. The standard InChI is InChI=1S/C24H22N2OS/c1-16-8-7-11-20(12-16)23(27)26(15-19-9-5-4-6-10-19)24-25-21-13-17(2)18(3)14-22(21)28-24/h4-14H,15H2,1-3H3. The average molecular weight is 387 g/mol. The monoisotopic (exact) mass is 386 g/mol. The number of anilines is 1. The lowest BCUT2D eigenvalue weighted by Gasteiger charge is -2.20. The van der Waals surface area contributed by atoms with Gasteiger partial charge in [0, 0.05) is 5.56 Å². The number of nitrogens with zero attached hydrogens (tertiary/aromatic N) is 2. The quantitative estimate of drug-likeness (QED) is 0.426. The van der Waals surface area contributed by atoms with Gasteiger partial charge in [-0.15, -0.1) is 0 Å². The van der Waals surface area contributed by atoms with Crippen LogP contribution in [0.25, 0.3) is 10.2 Å². The van der Waals surface area contributed by atoms with Crippen molar-refractivity contribution in [1.82, 2.24) is 4.98 Å². The molecule has 28 heavy (non-hydrogen) atoms. The summed E-state index contributed by atoms with van der Waals surface area (Å²) < 4.78 is 1.10. The third-order valence-corrected chi connectivity index (χ3v) is 5.96. The van der Waals surface area contributed by atoms with Crippen LogP contribution < -0.4 is 4.90 Å². The number of fused-ring (bicyclic) bond motifs is 1. The molecule has 1 heterocycles. The van der Waals surface area contributed by atoms with Crippen molar-refractivity contribution in [2.24, 2.45) is 0 Å². The topological polar surface area (TPSA) is 33.2 Å². The number of rotatable bonds is 4. The summed E-state index contributed by atoms with van der Waals surface area (Å²) in [5.74, 6) is -0.0277. The average Bonchev–Trinajstić information content (AvgIpc) is 3.09. The molecule has 0 radical (unpaired) electrons. The van der Waals surface area contributed by atoms with Gasteiger partial charge in [0.25, 0.3) is 5.91 Å². The van der Waals surface area contributed by atoms with Crippen molar-refractivity contribution in [2.75, 3.05) is 4.90 Å². The second-order valence-corrected chi connectivity index (χ2v) is 8.16. The number of hydrogen-bond acceptors (Lipinski definition) is 3. The number of benzene rings is 3. The Morgan fingerprint density at radius 2 is 1.68 bits per heavy atom. The van der Waals surface area contributed by atoms with Crippen molar-refractivity contribution >= 4 is 32.6 Å². The van der Waals surface area contributed by atoms with Crippen molar-refractivity contribution in [2.45, 2.75) is 27.3 Å². The van der Waals surface area contributed by atoms with Crippen LogP contribution in [0.5, 0.6) is 0 Å². The molecule has 0 aliphatic carbocycles. The molecule has 3 nitrogen and oxygen atoms in total. The van der Waals surface area contributed by atoms with Gasteiger partial charge in [-0.2, -0.15) is 0 Å². The predicted octanol–water partition coefficient (Wildman–Crippen LogP) is 6.07. The van der Waals surface area contributed by atoms with E-state index < -0.39 is 0 Å². The fourth-order valence-electron chi connectivity index (χ4n) is 3.21. The van der Waals surface area contributed by atoms with Crippen LogP contribution in [0.3, 0.4) is 0 Å². The van der Waals surface area contributed by atoms with Gasteiger partial charge in [0.1, 0.15) is 0 Å². The summed E-state index contributed by atoms with van der Waals surface area (Å²) in [5.41, 5.74) is 6.23. The van der Waals surface area contributed by atoms with Crippen molar-refractivity contribution in [3.63, 3.8) is 0 Å². The van der Waals surface area contributed by atoms with Crippen molar-refractivity contribution in [3.8, 4) is 0 Å². The molecule has 0 bridgehead atoms. The molecule has 0 atom stereocenters. The van der Waals surface area contributed by atoms with E-state index >= 15 is 0 Å². The lowest BCUT2D eigenvalue weighted by molar-refractivity contribution is 0.0985. The van der Waals surface area contributed by atoms with E-state index in [-0.39, 0.29) is 5.91 Å². The van der Waals surface area contributed by atoms with Gasteiger partial charge in [-0.1, -0.05) is 59.4 Å². The molecule has 3 aromatic carbocycles. The fourth-order valence-corrected chi connectivity index (χ4v) is 4.25. The van der Waals surface area contributed by atoms with Gasteiger partial charge in [0.15, 0.2) is 5.13 Å². The first-order valence-corrected chi connectivity index (χ1v) is 10.1. The Hall–Kier alpha value is -2.98. The lowest BCUT2D eigenvalue weighted by atomic mass is 10.1. The van der Waals surface area contributed by atoms with Gasteiger partial charge < -0.3 is 0 Å². The molecule has 140 valence electrons. The van der Waals surface area contributed by atoms with Crippen LogP contribution >= 0.6 is 11.3 Å². The van der Waals surface area contributed by atoms with E-state index in [1.54, 1.807) is 16.2 Å². The summed E-state index contributed by atoms with van der Waals surface area (Å²) in [6.07, 6.45) is 0. The number of thiazole rings is 1. The molecule has 1 amide bonds. The molecule has 0 aliphatic rings. The summed E-state index contributed by atoms with van der Waals surface area (Å²) in [7, 11) is 0. The predicted molar refractivity (Wildman–Crippen MR) is 117 cm³/mol. The molecule has 0 saturated heterocycles. The lowest BCUT2D eigenvalue weighted by Crippen LogP contribution is -2.30. The molecule has 0 aliphatic heterocycles. The number of aromatic nitrogens is 1. The minimum atomic E-state index is -0.0277. The Morgan fingerprint density at radius 1 is 0.929 bits per heavy atom. The first-order valence-electron chi connectivity index (χ1n) is 9.31. The molecule has 4 rings (SSSR count). The van der Waals surface area contributed by atoms with E-state index in [1.807, 2.05) is 61.5 Å². The van der Waals surface area contributed by atoms with Gasteiger partial charge in [0.05, 0.1) is 16.8 Å². The first-order chi connectivity index (χ1) is 13.5. The second kappa shape index (κ2) is 7.56. The van der Waals surface area contributed by atoms with Gasteiger partial charge in [-0.05, 0) is 61.7 Å². The summed E-state index contributed by atoms with van der Waals surface area (Å²) >= 11 is 1.57. The number of aryl methyl sites for hydroxylation is 3. The summed E-state index contributed by atoms with van der Waals surface area (Å²) in [4.78, 5) is 20.0. The van der Waals surface area contributed by atoms with Crippen molar-refractivity contribution < 1.29 is 4.79 Å². The zero-order valence-electron chi connectivity index (χ0n) is 16.3. The van der Waals surface area contributed by atoms with Crippen LogP contribution in [0.2, 0.25) is 0 Å². The minimum absolute atomic E-state index is 0.0277. The van der Waals surface area contributed by atoms with Crippen LogP contribution in [0.15, 0.2) is 66.7 Å². The van der Waals surface area contributed by atoms with E-state index in [2.05, 4.69) is 26.0 Å². The molecule has 0 spiro atoms. The summed E-state index contributed by atoms with van der Waals surface area (Å²) in [6.45, 7) is 6.69. The molecular weight excluding hydrogens is 364 g/mol. The SMILES string of the molecule is Cc1cccc(C(=O)N(Cc2ccccc2)c2nc3cc(C)c(C)cc3s2)c1. The highest BCUT2D eigenvalue weighted by Gasteiger charge is 2.22. The molecule has 1 aromatic heterocycles. The van der Waals surface area contributed by atoms with Crippen LogP contribution in [0, 0.1) is 20.8 Å². The molecule has 0 unspecified atom stereocenters. The number of carbonyl (C=O) groups is 1. The third-order valence-electron chi connectivity index (χ3n) is 4.92. The smallest absolute Gasteiger partial charge is 0.260 e. The maximum atomic E-state index is 13.4. The largest absolute Gasteiger partial charge is 0.279 e. The van der Waals surface area contributed by atoms with Gasteiger partial charge in [0.2, 0.25) is 0 Å². The maximum absolute atomic E-state index is 13.4. The Labute approximate surface area is 169 Å². The van der Waals surface area contributed by atoms with E-state index in [4.69, 9.17) is 4.98 Å². The number of amides is 1. The van der Waals surface area contributed by atoms with E-state index in [0.29, 0.717) is 12.1 Å². The third kappa shape index (κ3) is 3.69. The van der Waals surface area contributed by atoms with E-state index in [9.17, 15) is 4.79 Å². The van der Waals surface area contributed by atoms with Crippen LogP contribution in [-0.4, -0.2) is 10.9 Å². The molecule has 0 saturated carbocycles. The summed E-state index contributed by atoms with van der Waals surface area (Å²) in [5, 5.41) is 0.732. The molecule has 4 heteroatoms. The van der Waals surface area contributed by atoms with Gasteiger partial charge >= 0.3 is 0 Å². The van der Waals surface area contributed by atoms with Crippen molar-refractivity contribution in [1.29, 1.82) is 0 Å². The Bertz CT molecular complexity index is 1110. The highest BCUT2D eigenvalue weighted by atomic mass is 32.1. The van der Waals surface area contributed by atoms with E-state index in [0.717, 1.165) is 26.5 Å². The van der Waals surface area contributed by atoms with E-state index in [1.165, 1.54) is 11.1 Å². The van der Waals surface area contributed by atoms with Crippen LogP contribution in [-0.2, 0) is 6.54 Å². The highest BCUT2D eigenvalue weighted by molar-refractivity contribution is 7.22. The maximum Gasteiger partial charge on any atom is 0.260 e. The Morgan fingerprint density at radius 3 is 2.43 bits per heavy atom. The van der Waals surface area contributed by atoms with Gasteiger partial charge in [-0.3, -0.25) is 9.69 Å². The second-order valence-electron chi connectivity index (χ2n) is 7.15. The first kappa shape index (κ1) is 18.4. The zero-order chi connectivity index (χ0) is 19.7. The fraction of sp³-hybridized carbons (Fsp3) is 0.167. The Balaban J connectivity index is 1.79. The number of hydrogen-bond donors (Lipinski definition) is 0. The molecule has 4 aromatic rings. The molecule has 0 N–H and O–H groups in total. The molecular formula is C24H22N2OS. The van der Waals surface area contributed by atoms with Gasteiger partial charge in [-0.25, -0.2) is 4.98 Å². The normalized spacial score (nSPS) is 11.0. The number of carbonyl (C=O) groups excluding carboxylic acids is 1. The van der Waals surface area contributed by atoms with Crippen LogP contribution in [0.4, 0.5) is 5.13 Å².